The van der Waals surface area contributed by atoms with E-state index in [0.29, 0.717) is 45.4 Å². The van der Waals surface area contributed by atoms with Crippen LogP contribution >= 0.6 is 32.9 Å². The second kappa shape index (κ2) is 26.8. The van der Waals surface area contributed by atoms with Crippen molar-refractivity contribution in [2.24, 2.45) is 19.1 Å². The van der Waals surface area contributed by atoms with Crippen LogP contribution in [0, 0.1) is 0 Å². The monoisotopic (exact) mass is 1260 g/mol. The lowest BCUT2D eigenvalue weighted by atomic mass is 10.0. The highest BCUT2D eigenvalue weighted by Gasteiger charge is 2.32. The maximum atomic E-state index is 13.8. The van der Waals surface area contributed by atoms with E-state index in [1.165, 1.54) is 59.6 Å². The van der Waals surface area contributed by atoms with Crippen molar-refractivity contribution in [2.75, 3.05) is 14.2 Å². The molecule has 5 aromatic heterocycles. The normalized spacial score (nSPS) is 11.8. The van der Waals surface area contributed by atoms with E-state index in [2.05, 4.69) is 45.3 Å². The fourth-order valence-corrected chi connectivity index (χ4v) is 9.03. The zero-order valence-corrected chi connectivity index (χ0v) is 47.5. The predicted octanol–water partition coefficient (Wildman–Crippen LogP) is 9.81. The van der Waals surface area contributed by atoms with E-state index in [4.69, 9.17) is 9.47 Å². The van der Waals surface area contributed by atoms with Crippen molar-refractivity contribution in [3.8, 4) is 23.0 Å². The van der Waals surface area contributed by atoms with Gasteiger partial charge in [0.15, 0.2) is 11.2 Å². The van der Waals surface area contributed by atoms with Crippen LogP contribution in [-0.2, 0) is 58.3 Å². The zero-order chi connectivity index (χ0) is 58.0. The number of alkyl halides is 7. The van der Waals surface area contributed by atoms with Crippen molar-refractivity contribution >= 4 is 55.6 Å². The number of aryl methyl sites for hydroxylation is 1. The summed E-state index contributed by atoms with van der Waals surface area (Å²) in [6.45, 7) is 0.267. The summed E-state index contributed by atoms with van der Waals surface area (Å²) in [5.41, 5.74) is 3.47. The molecule has 17 nitrogen and oxygen atoms in total. The molecular formula is C57H51Br2F6N9O8. The fourth-order valence-electron chi connectivity index (χ4n) is 8.69. The number of rotatable bonds is 15. The minimum Gasteiger partial charge on any atom is -0.497 e. The number of aliphatic imine (C=N–C) groups is 1. The number of aromatic nitrogens is 8. The Bertz CT molecular complexity index is 3940. The first-order valence-corrected chi connectivity index (χ1v) is 25.7. The number of benzene rings is 4. The van der Waals surface area contributed by atoms with Crippen LogP contribution in [0.3, 0.4) is 0 Å². The summed E-state index contributed by atoms with van der Waals surface area (Å²) in [6, 6.07) is 36.4. The highest BCUT2D eigenvalue weighted by molar-refractivity contribution is 9.08. The molecule has 82 heavy (non-hydrogen) atoms. The first-order chi connectivity index (χ1) is 38.7. The van der Waals surface area contributed by atoms with Gasteiger partial charge in [0, 0.05) is 56.8 Å². The first kappa shape index (κ1) is 61.0. The van der Waals surface area contributed by atoms with Crippen LogP contribution in [0.4, 0.5) is 32.2 Å². The number of hydrogen-bond donors (Lipinski definition) is 0. The van der Waals surface area contributed by atoms with Crippen molar-refractivity contribution in [2.45, 2.75) is 57.0 Å². The molecule has 0 unspecified atom stereocenters. The molecule has 0 spiro atoms. The maximum absolute atomic E-state index is 13.8. The molecule has 4 aromatic carbocycles. The number of nitrogens with zero attached hydrogens (tertiary/aromatic N) is 9. The summed E-state index contributed by atoms with van der Waals surface area (Å²) >= 11 is 3.29. The lowest BCUT2D eigenvalue weighted by Gasteiger charge is -2.12. The van der Waals surface area contributed by atoms with Gasteiger partial charge in [0.1, 0.15) is 34.6 Å². The molecule has 25 heteroatoms. The summed E-state index contributed by atoms with van der Waals surface area (Å²) in [7, 11) is 6.15. The van der Waals surface area contributed by atoms with Crippen molar-refractivity contribution in [3.05, 3.63) is 233 Å². The molecule has 0 saturated heterocycles. The molecule has 0 radical (unpaired) electrons. The maximum Gasteiger partial charge on any atom is 0.573 e. The Morgan fingerprint density at radius 2 is 1.05 bits per heavy atom. The van der Waals surface area contributed by atoms with Crippen LogP contribution in [0.25, 0.3) is 11.2 Å². The van der Waals surface area contributed by atoms with Crippen molar-refractivity contribution in [1.29, 1.82) is 0 Å². The van der Waals surface area contributed by atoms with Gasteiger partial charge >= 0.3 is 24.1 Å². The van der Waals surface area contributed by atoms with Crippen molar-refractivity contribution in [1.82, 2.24) is 37.8 Å². The molecule has 0 amide bonds. The molecule has 0 bridgehead atoms. The molecule has 0 aliphatic carbocycles. The minimum absolute atomic E-state index is 0. The van der Waals surface area contributed by atoms with Gasteiger partial charge in [0.2, 0.25) is 0 Å². The standard InChI is InChI=1S/C28H24F3N5O4.C23H20F3N3O4.C6H6BrN.BrH/c1-34-25-24(26(37)36(27(34)38)16-18-9-11-21(39-2)12-10-18)35(17-20-7-3-4-13-32-20)23(33-25)15-19-6-5-8-22(14-19)40-28(29,30)31;1-28-20-19(21(30)29(22(28)31)13-14-6-8-17(32-2)9-7-14)12-16(27-20)10-15-4-3-5-18(11-15)33-23(24,25)26;7-5-6-3-1-2-4-8-6;/h3-14H,15-17H2,1-2H3;3-9,11H,10,12-13H2,1-2H3;1-4H,5H2;1H. The molecule has 9 aromatic rings. The Hall–Kier alpha value is -8.58. The quantitative estimate of drug-likeness (QED) is 0.0704. The van der Waals surface area contributed by atoms with Crippen LogP contribution in [-0.4, -0.2) is 70.4 Å². The van der Waals surface area contributed by atoms with Crippen LogP contribution in [0.1, 0.15) is 45.0 Å². The Balaban J connectivity index is 0.000000208. The van der Waals surface area contributed by atoms with Crippen molar-refractivity contribution in [3.63, 3.8) is 0 Å². The second-order valence-electron chi connectivity index (χ2n) is 18.1. The fraction of sp³-hybridized carbons (Fsp3) is 0.228. The van der Waals surface area contributed by atoms with Gasteiger partial charge in [0.05, 0.1) is 50.8 Å². The summed E-state index contributed by atoms with van der Waals surface area (Å²) in [5.74, 6) is 1.25. The summed E-state index contributed by atoms with van der Waals surface area (Å²) in [4.78, 5) is 70.4. The Kier molecular flexibility index (Phi) is 19.9. The Labute approximate surface area is 482 Å². The van der Waals surface area contributed by atoms with E-state index in [9.17, 15) is 45.5 Å². The van der Waals surface area contributed by atoms with Gasteiger partial charge in [-0.05, 0) is 95.1 Å². The smallest absolute Gasteiger partial charge is 0.497 e. The van der Waals surface area contributed by atoms with Gasteiger partial charge < -0.3 is 23.5 Å². The van der Waals surface area contributed by atoms with E-state index in [1.807, 2.05) is 18.2 Å². The number of methoxy groups -OCH3 is 2. The number of fused-ring (bicyclic) bond motifs is 2. The second-order valence-corrected chi connectivity index (χ2v) is 18.7. The lowest BCUT2D eigenvalue weighted by molar-refractivity contribution is -0.275. The number of hydrogen-bond acceptors (Lipinski definition) is 12. The van der Waals surface area contributed by atoms with Crippen LogP contribution < -0.4 is 41.4 Å². The van der Waals surface area contributed by atoms with Gasteiger partial charge in [-0.1, -0.05) is 76.6 Å². The third-order valence-electron chi connectivity index (χ3n) is 12.5. The molecule has 1 aliphatic rings. The van der Waals surface area contributed by atoms with Crippen LogP contribution in [0.5, 0.6) is 23.0 Å². The predicted molar refractivity (Wildman–Crippen MR) is 303 cm³/mol. The summed E-state index contributed by atoms with van der Waals surface area (Å²) in [6.07, 6.45) is -5.72. The van der Waals surface area contributed by atoms with Gasteiger partial charge in [-0.15, -0.1) is 43.3 Å². The van der Waals surface area contributed by atoms with Crippen molar-refractivity contribution < 1.29 is 45.3 Å². The average molecular weight is 1260 g/mol. The van der Waals surface area contributed by atoms with E-state index < -0.39 is 35.2 Å². The minimum atomic E-state index is -4.84. The Morgan fingerprint density at radius 1 is 0.549 bits per heavy atom. The van der Waals surface area contributed by atoms with E-state index in [0.717, 1.165) is 31.3 Å². The average Bonchev–Trinajstić information content (AvgIpc) is 2.77. The van der Waals surface area contributed by atoms with Gasteiger partial charge in [-0.3, -0.25) is 37.8 Å². The molecule has 6 heterocycles. The topological polar surface area (TPSA) is 181 Å². The third kappa shape index (κ3) is 15.4. The Morgan fingerprint density at radius 3 is 1.52 bits per heavy atom. The van der Waals surface area contributed by atoms with Crippen LogP contribution in [0.2, 0.25) is 0 Å². The van der Waals surface area contributed by atoms with E-state index >= 15 is 0 Å². The van der Waals surface area contributed by atoms with Gasteiger partial charge in [0.25, 0.3) is 11.1 Å². The number of imidazole rings is 1. The lowest BCUT2D eigenvalue weighted by Crippen LogP contribution is -2.40. The van der Waals surface area contributed by atoms with Gasteiger partial charge in [-0.2, -0.15) is 0 Å². The summed E-state index contributed by atoms with van der Waals surface area (Å²) in [5, 5.41) is 0.841. The molecule has 0 atom stereocenters. The molecule has 0 fully saturated rings. The SMILES string of the molecule is Br.BrCc1ccccn1.COc1ccc(Cn2c(=O)c3c(n(C)c2=O)N=C(Cc2cccc(OC(F)(F)F)c2)C3)cc1.COc1ccc(Cn2c(=O)c3c(nc(Cc4cccc(OC(F)(F)F)c4)n3Cc3ccccn3)n(C)c2=O)cc1. The number of pyridine rings is 2. The summed E-state index contributed by atoms with van der Waals surface area (Å²) < 4.78 is 101. The highest BCUT2D eigenvalue weighted by atomic mass is 79.9. The molecule has 1 aliphatic heterocycles. The molecule has 0 N–H and O–H groups in total. The van der Waals surface area contributed by atoms with Crippen LogP contribution in [0.15, 0.2) is 170 Å². The number of ether oxygens (including phenoxy) is 4. The van der Waals surface area contributed by atoms with E-state index in [1.54, 1.807) is 110 Å². The van der Waals surface area contributed by atoms with Gasteiger partial charge in [-0.25, -0.2) is 19.6 Å². The molecule has 428 valence electrons. The number of halogens is 8. The molecule has 0 saturated carbocycles. The zero-order valence-electron chi connectivity index (χ0n) is 44.2. The third-order valence-corrected chi connectivity index (χ3v) is 13.1. The molecule has 10 rings (SSSR count). The highest BCUT2D eigenvalue weighted by Crippen LogP contribution is 2.28. The first-order valence-electron chi connectivity index (χ1n) is 24.6. The largest absolute Gasteiger partial charge is 0.573 e. The molecular weight excluding hydrogens is 1210 g/mol. The van der Waals surface area contributed by atoms with E-state index in [-0.39, 0.29) is 84.4 Å².